The van der Waals surface area contributed by atoms with Crippen molar-refractivity contribution in [2.75, 3.05) is 0 Å². The molecule has 2 heteroatoms. The van der Waals surface area contributed by atoms with E-state index >= 15 is 0 Å². The second-order valence-electron chi connectivity index (χ2n) is 7.04. The predicted octanol–water partition coefficient (Wildman–Crippen LogP) is 3.65. The van der Waals surface area contributed by atoms with Gasteiger partial charge in [-0.05, 0) is 41.4 Å². The molecule has 0 amide bonds. The van der Waals surface area contributed by atoms with Crippen molar-refractivity contribution in [3.63, 3.8) is 0 Å². The van der Waals surface area contributed by atoms with Gasteiger partial charge in [0, 0.05) is 6.42 Å². The third-order valence-corrected chi connectivity index (χ3v) is 7.41. The standard InChI is InChI=1S/C14H21ClO/c1-8-7-10(16)14(15)11(8)9-5-6-13(14,4)12(9,2)3/h8-9,11H,5-7H2,1-4H3/t8-,9+,11-,13+,14+/m0/s1. The van der Waals surface area contributed by atoms with Crippen LogP contribution in [-0.2, 0) is 4.79 Å². The lowest BCUT2D eigenvalue weighted by Crippen LogP contribution is -2.49. The highest BCUT2D eigenvalue weighted by Crippen LogP contribution is 2.77. The number of alkyl halides is 1. The van der Waals surface area contributed by atoms with E-state index < -0.39 is 4.87 Å². The minimum atomic E-state index is -0.543. The van der Waals surface area contributed by atoms with Gasteiger partial charge in [0.15, 0.2) is 5.78 Å². The predicted molar refractivity (Wildman–Crippen MR) is 65.5 cm³/mol. The summed E-state index contributed by atoms with van der Waals surface area (Å²) in [7, 11) is 0. The molecule has 16 heavy (non-hydrogen) atoms. The van der Waals surface area contributed by atoms with Crippen LogP contribution in [0, 0.1) is 28.6 Å². The third-order valence-electron chi connectivity index (χ3n) is 6.53. The van der Waals surface area contributed by atoms with Crippen molar-refractivity contribution >= 4 is 17.4 Å². The molecule has 0 N–H and O–H groups in total. The van der Waals surface area contributed by atoms with E-state index in [9.17, 15) is 4.79 Å². The maximum atomic E-state index is 12.3. The Hall–Kier alpha value is -0.0400. The van der Waals surface area contributed by atoms with Crippen LogP contribution in [0.5, 0.6) is 0 Å². The molecule has 0 saturated heterocycles. The Labute approximate surface area is 103 Å². The van der Waals surface area contributed by atoms with E-state index in [1.807, 2.05) is 0 Å². The monoisotopic (exact) mass is 240 g/mol. The SMILES string of the molecule is C[C@H]1CC(=O)[C@@]2(Cl)[C@@H]1[C@H]1CC[C@]2(C)C1(C)C. The summed E-state index contributed by atoms with van der Waals surface area (Å²) in [6, 6.07) is 0. The van der Waals surface area contributed by atoms with Gasteiger partial charge in [0.25, 0.3) is 0 Å². The fourth-order valence-corrected chi connectivity index (χ4v) is 6.09. The van der Waals surface area contributed by atoms with Gasteiger partial charge in [0.2, 0.25) is 0 Å². The summed E-state index contributed by atoms with van der Waals surface area (Å²) in [6.07, 6.45) is 3.10. The second kappa shape index (κ2) is 2.68. The number of carbonyl (C=O) groups excluding carboxylic acids is 1. The number of ketones is 1. The molecule has 0 heterocycles. The van der Waals surface area contributed by atoms with Gasteiger partial charge in [-0.15, -0.1) is 11.6 Å². The van der Waals surface area contributed by atoms with Crippen LogP contribution >= 0.6 is 11.6 Å². The summed E-state index contributed by atoms with van der Waals surface area (Å²) >= 11 is 6.89. The third kappa shape index (κ3) is 0.805. The molecule has 0 radical (unpaired) electrons. The lowest BCUT2D eigenvalue weighted by Gasteiger charge is -2.43. The fraction of sp³-hybridized carbons (Fsp3) is 0.929. The van der Waals surface area contributed by atoms with Crippen LogP contribution in [0.15, 0.2) is 0 Å². The summed E-state index contributed by atoms with van der Waals surface area (Å²) in [5.41, 5.74) is 0.239. The molecule has 3 saturated carbocycles. The number of halogens is 1. The van der Waals surface area contributed by atoms with Crippen LogP contribution in [0.4, 0.5) is 0 Å². The van der Waals surface area contributed by atoms with E-state index in [-0.39, 0.29) is 10.8 Å². The molecule has 1 nitrogen and oxygen atoms in total. The highest BCUT2D eigenvalue weighted by Gasteiger charge is 2.78. The Kier molecular flexibility index (Phi) is 1.86. The van der Waals surface area contributed by atoms with E-state index in [1.165, 1.54) is 6.42 Å². The molecule has 0 spiro atoms. The average Bonchev–Trinajstić information content (AvgIpc) is 2.58. The van der Waals surface area contributed by atoms with Crippen molar-refractivity contribution in [2.45, 2.75) is 51.8 Å². The van der Waals surface area contributed by atoms with Crippen molar-refractivity contribution in [3.8, 4) is 0 Å². The van der Waals surface area contributed by atoms with E-state index in [1.54, 1.807) is 0 Å². The Morgan fingerprint density at radius 1 is 1.31 bits per heavy atom. The smallest absolute Gasteiger partial charge is 0.154 e. The summed E-state index contributed by atoms with van der Waals surface area (Å²) < 4.78 is 0. The second-order valence-corrected chi connectivity index (χ2v) is 7.64. The van der Waals surface area contributed by atoms with Gasteiger partial charge in [-0.1, -0.05) is 27.7 Å². The summed E-state index contributed by atoms with van der Waals surface area (Å²) in [6.45, 7) is 9.13. The normalized spacial score (nSPS) is 58.1. The highest BCUT2D eigenvalue weighted by molar-refractivity contribution is 6.37. The van der Waals surface area contributed by atoms with Gasteiger partial charge in [-0.2, -0.15) is 0 Å². The lowest BCUT2D eigenvalue weighted by atomic mass is 9.65. The zero-order valence-corrected chi connectivity index (χ0v) is 11.4. The van der Waals surface area contributed by atoms with Crippen LogP contribution in [0.2, 0.25) is 0 Å². The van der Waals surface area contributed by atoms with Crippen LogP contribution in [0.25, 0.3) is 0 Å². The van der Waals surface area contributed by atoms with E-state index in [0.717, 1.165) is 6.42 Å². The van der Waals surface area contributed by atoms with Crippen molar-refractivity contribution in [2.24, 2.45) is 28.6 Å². The maximum Gasteiger partial charge on any atom is 0.154 e. The molecule has 5 atom stereocenters. The molecule has 0 unspecified atom stereocenters. The van der Waals surface area contributed by atoms with Crippen LogP contribution < -0.4 is 0 Å². The topological polar surface area (TPSA) is 17.1 Å². The molecule has 0 aromatic rings. The molecule has 3 fully saturated rings. The maximum absolute atomic E-state index is 12.3. The lowest BCUT2D eigenvalue weighted by molar-refractivity contribution is -0.123. The van der Waals surface area contributed by atoms with E-state index in [0.29, 0.717) is 30.0 Å². The van der Waals surface area contributed by atoms with Crippen LogP contribution in [-0.4, -0.2) is 10.7 Å². The molecule has 0 aliphatic heterocycles. The first-order chi connectivity index (χ1) is 7.27. The minimum Gasteiger partial charge on any atom is -0.298 e. The van der Waals surface area contributed by atoms with Crippen molar-refractivity contribution in [1.29, 1.82) is 0 Å². The molecule has 3 rings (SSSR count). The molecular formula is C14H21ClO. The summed E-state index contributed by atoms with van der Waals surface area (Å²) in [5.74, 6) is 1.88. The molecule has 0 aromatic carbocycles. The molecule has 90 valence electrons. The summed E-state index contributed by atoms with van der Waals surface area (Å²) in [5, 5.41) is 0. The quantitative estimate of drug-likeness (QED) is 0.591. The molecule has 3 aliphatic carbocycles. The van der Waals surface area contributed by atoms with E-state index in [4.69, 9.17) is 11.6 Å². The van der Waals surface area contributed by atoms with Crippen molar-refractivity contribution in [3.05, 3.63) is 0 Å². The first-order valence-corrected chi connectivity index (χ1v) is 6.87. The number of fused-ring (bicyclic) bond motifs is 5. The molecule has 3 aliphatic rings. The Morgan fingerprint density at radius 2 is 1.94 bits per heavy atom. The van der Waals surface area contributed by atoms with Gasteiger partial charge in [-0.25, -0.2) is 0 Å². The van der Waals surface area contributed by atoms with Gasteiger partial charge in [0.05, 0.1) is 0 Å². The first-order valence-electron chi connectivity index (χ1n) is 6.49. The Balaban J connectivity index is 2.21. The average molecular weight is 241 g/mol. The van der Waals surface area contributed by atoms with Crippen molar-refractivity contribution < 1.29 is 4.79 Å². The number of Topliss-reactive ketones (excluding diaryl/α,β-unsaturated/α-hetero) is 1. The minimum absolute atomic E-state index is 0.0126. The first kappa shape index (κ1) is 11.1. The molecule has 0 aromatic heterocycles. The zero-order valence-electron chi connectivity index (χ0n) is 10.6. The van der Waals surface area contributed by atoms with Crippen LogP contribution in [0.1, 0.15) is 47.0 Å². The van der Waals surface area contributed by atoms with Gasteiger partial charge in [-0.3, -0.25) is 4.79 Å². The zero-order chi connectivity index (χ0) is 11.9. The van der Waals surface area contributed by atoms with Crippen LogP contribution in [0.3, 0.4) is 0 Å². The highest BCUT2D eigenvalue weighted by atomic mass is 35.5. The Morgan fingerprint density at radius 3 is 2.50 bits per heavy atom. The van der Waals surface area contributed by atoms with E-state index in [2.05, 4.69) is 27.7 Å². The van der Waals surface area contributed by atoms with Crippen molar-refractivity contribution in [1.82, 2.24) is 0 Å². The van der Waals surface area contributed by atoms with Gasteiger partial charge >= 0.3 is 0 Å². The molecular weight excluding hydrogens is 220 g/mol. The number of rotatable bonds is 0. The summed E-state index contributed by atoms with van der Waals surface area (Å²) in [4.78, 5) is 11.8. The number of hydrogen-bond donors (Lipinski definition) is 0. The fourth-order valence-electron chi connectivity index (χ4n) is 5.31. The number of carbonyl (C=O) groups is 1. The number of hydrogen-bond acceptors (Lipinski definition) is 1. The van der Waals surface area contributed by atoms with Gasteiger partial charge < -0.3 is 0 Å². The van der Waals surface area contributed by atoms with Gasteiger partial charge in [0.1, 0.15) is 4.87 Å². The molecule has 2 bridgehead atoms. The Bertz CT molecular complexity index is 375. The largest absolute Gasteiger partial charge is 0.298 e.